The van der Waals surface area contributed by atoms with Crippen LogP contribution in [0.2, 0.25) is 0 Å². The van der Waals surface area contributed by atoms with Crippen LogP contribution in [0.3, 0.4) is 0 Å². The molecule has 0 aliphatic heterocycles. The van der Waals surface area contributed by atoms with E-state index in [0.717, 1.165) is 0 Å². The van der Waals surface area contributed by atoms with E-state index >= 15 is 0 Å². The maximum absolute atomic E-state index is 8.35. The van der Waals surface area contributed by atoms with Gasteiger partial charge in [0.2, 0.25) is 0 Å². The highest BCUT2D eigenvalue weighted by Gasteiger charge is 2.36. The Hall–Kier alpha value is -0.780. The lowest BCUT2D eigenvalue weighted by atomic mass is 9.63. The molecule has 0 bridgehead atoms. The van der Waals surface area contributed by atoms with Crippen LogP contribution in [0.25, 0.3) is 0 Å². The van der Waals surface area contributed by atoms with Gasteiger partial charge in [0.05, 0.1) is 0 Å². The normalized spacial score (nSPS) is 33.9. The first kappa shape index (κ1) is 8.38. The zero-order valence-corrected chi connectivity index (χ0v) is 10.4. The lowest BCUT2D eigenvalue weighted by Gasteiger charge is -2.42. The van der Waals surface area contributed by atoms with Crippen LogP contribution in [0.4, 0.5) is 0 Å². The van der Waals surface area contributed by atoms with E-state index in [1.54, 1.807) is 0 Å². The molecule has 0 nitrogen and oxygen atoms in total. The Bertz CT molecular complexity index is 446. The zero-order chi connectivity index (χ0) is 13.0. The average molecular weight is 206 g/mol. The largest absolute Gasteiger partial charge is 0.0590 e. The number of fused-ring (bicyclic) bond motifs is 1. The highest BCUT2D eigenvalue weighted by Crippen LogP contribution is 2.45. The van der Waals surface area contributed by atoms with Gasteiger partial charge in [-0.05, 0) is 41.7 Å². The van der Waals surface area contributed by atoms with Crippen LogP contribution in [0.1, 0.15) is 59.9 Å². The fourth-order valence-electron chi connectivity index (χ4n) is 2.35. The van der Waals surface area contributed by atoms with Gasteiger partial charge in [-0.1, -0.05) is 51.5 Å². The molecule has 1 aromatic carbocycles. The Morgan fingerprint density at radius 1 is 1.00 bits per heavy atom. The fourth-order valence-corrected chi connectivity index (χ4v) is 2.35. The third-order valence-electron chi connectivity index (χ3n) is 3.48. The zero-order valence-electron chi connectivity index (χ0n) is 12.4. The van der Waals surface area contributed by atoms with E-state index in [0.29, 0.717) is 0 Å². The van der Waals surface area contributed by atoms with Gasteiger partial charge in [0.25, 0.3) is 0 Å². The Morgan fingerprint density at radius 3 is 2.13 bits per heavy atom. The molecule has 82 valence electrons. The highest BCUT2D eigenvalue weighted by molar-refractivity contribution is 5.43. The summed E-state index contributed by atoms with van der Waals surface area (Å²) in [6, 6.07) is 6.47. The summed E-state index contributed by atoms with van der Waals surface area (Å²) in [6.45, 7) is 10.5. The van der Waals surface area contributed by atoms with Crippen LogP contribution < -0.4 is 0 Å². The highest BCUT2D eigenvalue weighted by atomic mass is 14.4. The number of aryl methyl sites for hydroxylation is 1. The van der Waals surface area contributed by atoms with Crippen molar-refractivity contribution in [2.45, 2.75) is 58.2 Å². The van der Waals surface area contributed by atoms with Gasteiger partial charge in [-0.2, -0.15) is 0 Å². The average Bonchev–Trinajstić information content (AvgIpc) is 2.25. The molecule has 1 aromatic rings. The van der Waals surface area contributed by atoms with E-state index in [9.17, 15) is 0 Å². The van der Waals surface area contributed by atoms with Crippen LogP contribution in [0.15, 0.2) is 18.2 Å². The number of hydrogen-bond donors (Lipinski definition) is 0. The topological polar surface area (TPSA) is 0 Å². The third kappa shape index (κ3) is 1.71. The molecule has 2 unspecified atom stereocenters. The molecule has 0 N–H and O–H groups in total. The Morgan fingerprint density at radius 2 is 1.53 bits per heavy atom. The van der Waals surface area contributed by atoms with Gasteiger partial charge in [-0.25, -0.2) is 0 Å². The van der Waals surface area contributed by atoms with Crippen molar-refractivity contribution in [3.05, 3.63) is 34.9 Å². The first-order valence-electron chi connectivity index (χ1n) is 6.80. The molecule has 0 aromatic heterocycles. The molecule has 0 saturated heterocycles. The molecule has 0 amide bonds. The van der Waals surface area contributed by atoms with Gasteiger partial charge in [-0.3, -0.25) is 0 Å². The molecular formula is C15H22. The smallest absolute Gasteiger partial charge is 0.0276 e. The summed E-state index contributed by atoms with van der Waals surface area (Å²) in [6.07, 6.45) is -0.737. The SMILES string of the molecule is [3H]C1C([3H])C(C)(C)c2cc(C)ccc2C1(C)C. The van der Waals surface area contributed by atoms with Crippen molar-refractivity contribution in [2.24, 2.45) is 0 Å². The summed E-state index contributed by atoms with van der Waals surface area (Å²) in [5.41, 5.74) is 3.28. The first-order valence-corrected chi connectivity index (χ1v) is 5.65. The lowest BCUT2D eigenvalue weighted by molar-refractivity contribution is 0.331. The van der Waals surface area contributed by atoms with Gasteiger partial charge in [0.15, 0.2) is 0 Å². The standard InChI is InChI=1S/C15H22/c1-11-6-7-12-13(10-11)15(4,5)9-8-14(12,2)3/h6-7,10H,8-9H2,1-5H3/i8T,9T. The second-order valence-corrected chi connectivity index (χ2v) is 5.83. The summed E-state index contributed by atoms with van der Waals surface area (Å²) in [7, 11) is 0. The van der Waals surface area contributed by atoms with Gasteiger partial charge in [-0.15, -0.1) is 0 Å². The van der Waals surface area contributed by atoms with Gasteiger partial charge < -0.3 is 0 Å². The Kier molecular flexibility index (Phi) is 1.73. The van der Waals surface area contributed by atoms with Crippen LogP contribution >= 0.6 is 0 Å². The molecule has 1 aliphatic rings. The molecule has 1 aliphatic carbocycles. The molecular weight excluding hydrogens is 180 g/mol. The van der Waals surface area contributed by atoms with E-state index < -0.39 is 0 Å². The van der Waals surface area contributed by atoms with E-state index in [1.807, 2.05) is 0 Å². The second-order valence-electron chi connectivity index (χ2n) is 5.83. The minimum absolute atomic E-state index is 0.231. The van der Waals surface area contributed by atoms with Gasteiger partial charge in [0.1, 0.15) is 0 Å². The van der Waals surface area contributed by atoms with Crippen molar-refractivity contribution in [2.75, 3.05) is 0 Å². The molecule has 2 atom stereocenters. The van der Waals surface area contributed by atoms with Crippen LogP contribution in [-0.4, -0.2) is 0 Å². The molecule has 0 fully saturated rings. The molecule has 0 spiro atoms. The van der Waals surface area contributed by atoms with Crippen LogP contribution in [0, 0.1) is 6.92 Å². The number of benzene rings is 1. The fraction of sp³-hybridized carbons (Fsp3) is 0.600. The van der Waals surface area contributed by atoms with Crippen molar-refractivity contribution in [3.8, 4) is 0 Å². The van der Waals surface area contributed by atoms with E-state index in [4.69, 9.17) is 2.74 Å². The Labute approximate surface area is 96.5 Å². The van der Waals surface area contributed by atoms with Crippen molar-refractivity contribution < 1.29 is 2.74 Å². The predicted octanol–water partition coefficient (Wildman–Crippen LogP) is 4.34. The summed E-state index contributed by atoms with van der Waals surface area (Å²) in [5, 5.41) is 0. The molecule has 15 heavy (non-hydrogen) atoms. The molecule has 0 heteroatoms. The van der Waals surface area contributed by atoms with E-state index in [2.05, 4.69) is 52.8 Å². The minimum atomic E-state index is -0.369. The summed E-state index contributed by atoms with van der Waals surface area (Å²) < 4.78 is 16.7. The molecule has 2 rings (SSSR count). The summed E-state index contributed by atoms with van der Waals surface area (Å²) in [5.74, 6) is 0. The maximum Gasteiger partial charge on any atom is 0.0276 e. The Balaban J connectivity index is 2.73. The third-order valence-corrected chi connectivity index (χ3v) is 3.48. The number of hydrogen-bond acceptors (Lipinski definition) is 0. The van der Waals surface area contributed by atoms with Crippen molar-refractivity contribution in [1.82, 2.24) is 0 Å². The van der Waals surface area contributed by atoms with Crippen LogP contribution in [0.5, 0.6) is 0 Å². The summed E-state index contributed by atoms with van der Waals surface area (Å²) >= 11 is 0. The maximum atomic E-state index is 8.35. The van der Waals surface area contributed by atoms with E-state index in [1.165, 1.54) is 16.7 Å². The van der Waals surface area contributed by atoms with Crippen molar-refractivity contribution in [3.63, 3.8) is 0 Å². The molecule has 0 radical (unpaired) electrons. The second kappa shape index (κ2) is 3.10. The quantitative estimate of drug-likeness (QED) is 0.592. The molecule has 0 heterocycles. The van der Waals surface area contributed by atoms with Crippen molar-refractivity contribution >= 4 is 0 Å². The first-order chi connectivity index (χ1) is 7.69. The minimum Gasteiger partial charge on any atom is -0.0590 e. The predicted molar refractivity (Wildman–Crippen MR) is 66.5 cm³/mol. The van der Waals surface area contributed by atoms with Gasteiger partial charge in [0, 0.05) is 2.74 Å². The van der Waals surface area contributed by atoms with E-state index in [-0.39, 0.29) is 23.6 Å². The van der Waals surface area contributed by atoms with Crippen molar-refractivity contribution in [1.29, 1.82) is 0 Å². The summed E-state index contributed by atoms with van der Waals surface area (Å²) in [4.78, 5) is 0. The lowest BCUT2D eigenvalue weighted by Crippen LogP contribution is -2.33. The number of rotatable bonds is 0. The molecule has 0 saturated carbocycles. The van der Waals surface area contributed by atoms with Gasteiger partial charge >= 0.3 is 0 Å². The monoisotopic (exact) mass is 206 g/mol. The van der Waals surface area contributed by atoms with Crippen LogP contribution in [-0.2, 0) is 10.8 Å².